The van der Waals surface area contributed by atoms with Crippen molar-refractivity contribution in [3.8, 4) is 6.07 Å². The van der Waals surface area contributed by atoms with Crippen molar-refractivity contribution < 1.29 is 14.3 Å². The molecule has 0 spiro atoms. The summed E-state index contributed by atoms with van der Waals surface area (Å²) < 4.78 is 5.15. The van der Waals surface area contributed by atoms with E-state index in [1.165, 1.54) is 6.08 Å². The highest BCUT2D eigenvalue weighted by Gasteiger charge is 2.39. The molecule has 0 aliphatic carbocycles. The molecule has 0 saturated carbocycles. The molecule has 0 heterocycles. The molecule has 4 nitrogen and oxygen atoms in total. The Kier molecular flexibility index (Phi) is 6.67. The Hall–Kier alpha value is -2.67. The molecule has 1 unspecified atom stereocenters. The van der Waals surface area contributed by atoms with Gasteiger partial charge >= 0.3 is 5.97 Å². The number of nitrogens with zero attached hydrogens (tertiary/aromatic N) is 1. The highest BCUT2D eigenvalue weighted by molar-refractivity contribution is 6.12. The molecular formula is C20H23NO3. The molecule has 0 radical (unpaired) electrons. The Labute approximate surface area is 143 Å². The van der Waals surface area contributed by atoms with Crippen LogP contribution in [0.15, 0.2) is 48.6 Å². The quantitative estimate of drug-likeness (QED) is 0.344. The van der Waals surface area contributed by atoms with Gasteiger partial charge in [0.25, 0.3) is 0 Å². The molecule has 0 amide bonds. The lowest BCUT2D eigenvalue weighted by molar-refractivity contribution is -0.150. The Morgan fingerprint density at radius 1 is 1.29 bits per heavy atom. The van der Waals surface area contributed by atoms with Gasteiger partial charge in [0.05, 0.1) is 6.07 Å². The van der Waals surface area contributed by atoms with Gasteiger partial charge in [-0.3, -0.25) is 9.59 Å². The van der Waals surface area contributed by atoms with Gasteiger partial charge < -0.3 is 4.74 Å². The van der Waals surface area contributed by atoms with Crippen molar-refractivity contribution in [2.24, 2.45) is 11.3 Å². The van der Waals surface area contributed by atoms with Gasteiger partial charge in [-0.05, 0) is 18.1 Å². The topological polar surface area (TPSA) is 67.2 Å². The van der Waals surface area contributed by atoms with E-state index in [2.05, 4.69) is 12.6 Å². The summed E-state index contributed by atoms with van der Waals surface area (Å²) in [6.07, 6.45) is 1.44. The number of allylic oxidation sites excluding steroid dienone is 1. The molecule has 126 valence electrons. The van der Waals surface area contributed by atoms with Crippen LogP contribution >= 0.6 is 0 Å². The lowest BCUT2D eigenvalue weighted by Crippen LogP contribution is -2.36. The third-order valence-electron chi connectivity index (χ3n) is 3.53. The van der Waals surface area contributed by atoms with Crippen LogP contribution in [0.3, 0.4) is 0 Å². The summed E-state index contributed by atoms with van der Waals surface area (Å²) >= 11 is 0. The van der Waals surface area contributed by atoms with Crippen LogP contribution in [0, 0.1) is 22.7 Å². The summed E-state index contributed by atoms with van der Waals surface area (Å²) in [4.78, 5) is 25.5. The van der Waals surface area contributed by atoms with Crippen LogP contribution in [0.25, 0.3) is 5.57 Å². The molecule has 0 aromatic heterocycles. The summed E-state index contributed by atoms with van der Waals surface area (Å²) in [6, 6.07) is 11.0. The van der Waals surface area contributed by atoms with E-state index in [9.17, 15) is 14.9 Å². The molecule has 0 aliphatic rings. The monoisotopic (exact) mass is 325 g/mol. The SMILES string of the molecule is C=CCOC(=O)C(C(=O)C(C)(C)C)/C(=C(\C)C#N)c1ccccc1. The predicted molar refractivity (Wildman–Crippen MR) is 93.8 cm³/mol. The smallest absolute Gasteiger partial charge is 0.321 e. The summed E-state index contributed by atoms with van der Waals surface area (Å²) in [5.41, 5.74) is 0.620. The molecule has 24 heavy (non-hydrogen) atoms. The summed E-state index contributed by atoms with van der Waals surface area (Å²) in [5.74, 6) is -2.10. The van der Waals surface area contributed by atoms with Gasteiger partial charge in [-0.2, -0.15) is 5.26 Å². The first-order valence-corrected chi connectivity index (χ1v) is 7.72. The van der Waals surface area contributed by atoms with Crippen molar-refractivity contribution in [3.63, 3.8) is 0 Å². The van der Waals surface area contributed by atoms with Crippen molar-refractivity contribution >= 4 is 17.3 Å². The van der Waals surface area contributed by atoms with Gasteiger partial charge in [-0.15, -0.1) is 0 Å². The van der Waals surface area contributed by atoms with Crippen LogP contribution in [0.1, 0.15) is 33.3 Å². The molecule has 1 aromatic carbocycles. The zero-order valence-electron chi connectivity index (χ0n) is 14.6. The second-order valence-corrected chi connectivity index (χ2v) is 6.48. The first-order chi connectivity index (χ1) is 11.2. The Morgan fingerprint density at radius 2 is 1.88 bits per heavy atom. The second kappa shape index (κ2) is 8.26. The zero-order chi connectivity index (χ0) is 18.3. The number of hydrogen-bond acceptors (Lipinski definition) is 4. The third-order valence-corrected chi connectivity index (χ3v) is 3.53. The number of carbonyl (C=O) groups excluding carboxylic acids is 2. The third kappa shape index (κ3) is 4.66. The molecule has 1 aromatic rings. The van der Waals surface area contributed by atoms with Gasteiger partial charge in [-0.1, -0.05) is 63.8 Å². The minimum atomic E-state index is -1.15. The minimum Gasteiger partial charge on any atom is -0.461 e. The summed E-state index contributed by atoms with van der Waals surface area (Å²) in [6.45, 7) is 10.4. The van der Waals surface area contributed by atoms with E-state index in [0.29, 0.717) is 16.7 Å². The van der Waals surface area contributed by atoms with E-state index in [4.69, 9.17) is 4.74 Å². The average Bonchev–Trinajstić information content (AvgIpc) is 2.56. The number of ketones is 1. The van der Waals surface area contributed by atoms with E-state index in [-0.39, 0.29) is 12.4 Å². The van der Waals surface area contributed by atoms with Crippen LogP contribution in [-0.2, 0) is 14.3 Å². The number of esters is 1. The molecule has 0 bridgehead atoms. The number of carbonyl (C=O) groups is 2. The number of hydrogen-bond donors (Lipinski definition) is 0. The summed E-state index contributed by atoms with van der Waals surface area (Å²) in [5, 5.41) is 9.37. The predicted octanol–water partition coefficient (Wildman–Crippen LogP) is 3.94. The number of nitriles is 1. The number of benzene rings is 1. The Morgan fingerprint density at radius 3 is 2.33 bits per heavy atom. The van der Waals surface area contributed by atoms with E-state index < -0.39 is 17.3 Å². The lowest BCUT2D eigenvalue weighted by Gasteiger charge is -2.26. The van der Waals surface area contributed by atoms with Crippen molar-refractivity contribution in [2.75, 3.05) is 6.61 Å². The highest BCUT2D eigenvalue weighted by atomic mass is 16.5. The maximum absolute atomic E-state index is 12.9. The first-order valence-electron chi connectivity index (χ1n) is 7.72. The molecule has 1 rings (SSSR count). The van der Waals surface area contributed by atoms with Crippen molar-refractivity contribution in [1.29, 1.82) is 5.26 Å². The van der Waals surface area contributed by atoms with Crippen molar-refractivity contribution in [2.45, 2.75) is 27.7 Å². The largest absolute Gasteiger partial charge is 0.461 e. The normalized spacial score (nSPS) is 13.3. The Bertz CT molecular complexity index is 688. The number of ether oxygens (including phenoxy) is 1. The maximum atomic E-state index is 12.9. The highest BCUT2D eigenvalue weighted by Crippen LogP contribution is 2.34. The van der Waals surface area contributed by atoms with E-state index in [1.54, 1.807) is 52.0 Å². The molecule has 0 aliphatic heterocycles. The molecule has 4 heteroatoms. The molecular weight excluding hydrogens is 302 g/mol. The van der Waals surface area contributed by atoms with Crippen LogP contribution < -0.4 is 0 Å². The van der Waals surface area contributed by atoms with E-state index in [1.807, 2.05) is 6.07 Å². The van der Waals surface area contributed by atoms with E-state index in [0.717, 1.165) is 0 Å². The van der Waals surface area contributed by atoms with E-state index >= 15 is 0 Å². The average molecular weight is 325 g/mol. The molecule has 0 fully saturated rings. The maximum Gasteiger partial charge on any atom is 0.321 e. The lowest BCUT2D eigenvalue weighted by atomic mass is 9.76. The second-order valence-electron chi connectivity index (χ2n) is 6.48. The number of rotatable bonds is 6. The fourth-order valence-corrected chi connectivity index (χ4v) is 2.29. The standard InChI is InChI=1S/C20H23NO3/c1-6-12-24-19(23)17(18(22)20(3,4)5)16(14(2)13-21)15-10-8-7-9-11-15/h6-11,17H,1,12H2,2-5H3/b16-14+. The Balaban J connectivity index is 3.54. The van der Waals surface area contributed by atoms with Gasteiger partial charge in [0, 0.05) is 11.0 Å². The molecule has 0 saturated heterocycles. The molecule has 0 N–H and O–H groups in total. The zero-order valence-corrected chi connectivity index (χ0v) is 14.6. The first kappa shape index (κ1) is 19.4. The number of Topliss-reactive ketones (excluding diaryl/α,β-unsaturated/α-hetero) is 1. The molecule has 1 atom stereocenters. The van der Waals surface area contributed by atoms with Gasteiger partial charge in [0.2, 0.25) is 0 Å². The van der Waals surface area contributed by atoms with Gasteiger partial charge in [-0.25, -0.2) is 0 Å². The van der Waals surface area contributed by atoms with Crippen LogP contribution in [0.5, 0.6) is 0 Å². The fourth-order valence-electron chi connectivity index (χ4n) is 2.29. The van der Waals surface area contributed by atoms with Crippen molar-refractivity contribution in [1.82, 2.24) is 0 Å². The van der Waals surface area contributed by atoms with Crippen LogP contribution in [-0.4, -0.2) is 18.4 Å². The van der Waals surface area contributed by atoms with Crippen LogP contribution in [0.4, 0.5) is 0 Å². The minimum absolute atomic E-state index is 0.0143. The van der Waals surface area contributed by atoms with Crippen molar-refractivity contribution in [3.05, 3.63) is 54.1 Å². The van der Waals surface area contributed by atoms with Gasteiger partial charge in [0.1, 0.15) is 12.5 Å². The fraction of sp³-hybridized carbons (Fsp3) is 0.350. The van der Waals surface area contributed by atoms with Gasteiger partial charge in [0.15, 0.2) is 5.78 Å². The summed E-state index contributed by atoms with van der Waals surface area (Å²) in [7, 11) is 0. The van der Waals surface area contributed by atoms with Crippen LogP contribution in [0.2, 0.25) is 0 Å².